The van der Waals surface area contributed by atoms with Gasteiger partial charge in [-0.3, -0.25) is 0 Å². The van der Waals surface area contributed by atoms with Gasteiger partial charge >= 0.3 is 0 Å². The maximum absolute atomic E-state index is 3.56. The molecule has 0 bridgehead atoms. The van der Waals surface area contributed by atoms with Crippen molar-refractivity contribution in [1.82, 2.24) is 10.6 Å². The van der Waals surface area contributed by atoms with Crippen molar-refractivity contribution in [2.45, 2.75) is 59.7 Å². The van der Waals surface area contributed by atoms with E-state index in [0.717, 1.165) is 13.1 Å². The molecule has 18 heavy (non-hydrogen) atoms. The van der Waals surface area contributed by atoms with Gasteiger partial charge in [-0.15, -0.1) is 0 Å². The molecule has 1 rings (SSSR count). The molecule has 0 saturated heterocycles. The van der Waals surface area contributed by atoms with Crippen molar-refractivity contribution >= 4 is 0 Å². The van der Waals surface area contributed by atoms with E-state index in [4.69, 9.17) is 0 Å². The van der Waals surface area contributed by atoms with Crippen LogP contribution in [-0.2, 0) is 6.54 Å². The first-order valence-corrected chi connectivity index (χ1v) is 6.82. The third-order valence-electron chi connectivity index (χ3n) is 2.87. The second kappa shape index (κ2) is 6.35. The van der Waals surface area contributed by atoms with Crippen LogP contribution in [0.25, 0.3) is 0 Å². The highest BCUT2D eigenvalue weighted by Gasteiger charge is 2.10. The highest BCUT2D eigenvalue weighted by Crippen LogP contribution is 2.08. The van der Waals surface area contributed by atoms with Crippen LogP contribution in [0.3, 0.4) is 0 Å². The largest absolute Gasteiger partial charge is 0.311 e. The summed E-state index contributed by atoms with van der Waals surface area (Å²) < 4.78 is 0. The van der Waals surface area contributed by atoms with Crippen molar-refractivity contribution in [2.75, 3.05) is 6.54 Å². The van der Waals surface area contributed by atoms with E-state index in [0.29, 0.717) is 6.04 Å². The van der Waals surface area contributed by atoms with E-state index >= 15 is 0 Å². The van der Waals surface area contributed by atoms with Crippen molar-refractivity contribution in [3.63, 3.8) is 0 Å². The van der Waals surface area contributed by atoms with Crippen LogP contribution in [-0.4, -0.2) is 18.1 Å². The van der Waals surface area contributed by atoms with Crippen LogP contribution in [0.1, 0.15) is 44.4 Å². The monoisotopic (exact) mass is 248 g/mol. The molecule has 1 aromatic carbocycles. The fourth-order valence-electron chi connectivity index (χ4n) is 1.99. The minimum Gasteiger partial charge on any atom is -0.311 e. The lowest BCUT2D eigenvalue weighted by Crippen LogP contribution is -2.44. The first-order valence-electron chi connectivity index (χ1n) is 6.82. The van der Waals surface area contributed by atoms with Gasteiger partial charge in [0, 0.05) is 24.7 Å². The van der Waals surface area contributed by atoms with Crippen LogP contribution in [0.15, 0.2) is 18.2 Å². The van der Waals surface area contributed by atoms with E-state index in [1.807, 2.05) is 0 Å². The molecule has 0 aliphatic rings. The van der Waals surface area contributed by atoms with Gasteiger partial charge in [-0.05, 0) is 47.1 Å². The third-order valence-corrected chi connectivity index (χ3v) is 2.87. The second-order valence-electron chi connectivity index (χ2n) is 6.41. The molecule has 1 aromatic rings. The number of rotatable bonds is 5. The Morgan fingerprint density at radius 1 is 1.06 bits per heavy atom. The van der Waals surface area contributed by atoms with Gasteiger partial charge < -0.3 is 10.6 Å². The Kier molecular flexibility index (Phi) is 5.36. The fraction of sp³-hybridized carbons (Fsp3) is 0.625. The van der Waals surface area contributed by atoms with Crippen LogP contribution in [0.5, 0.6) is 0 Å². The smallest absolute Gasteiger partial charge is 0.0208 e. The molecule has 1 atom stereocenters. The molecule has 102 valence electrons. The van der Waals surface area contributed by atoms with E-state index in [2.05, 4.69) is 70.4 Å². The molecular weight excluding hydrogens is 220 g/mol. The standard InChI is InChI=1S/C16H28N2/c1-12-7-13(2)9-15(8-12)11-17-14(3)10-18-16(4,5)6/h7-9,14,17-18H,10-11H2,1-6H3. The number of aryl methyl sites for hydroxylation is 2. The summed E-state index contributed by atoms with van der Waals surface area (Å²) in [6.07, 6.45) is 0. The summed E-state index contributed by atoms with van der Waals surface area (Å²) in [4.78, 5) is 0. The summed E-state index contributed by atoms with van der Waals surface area (Å²) in [6, 6.07) is 7.20. The molecule has 0 fully saturated rings. The summed E-state index contributed by atoms with van der Waals surface area (Å²) >= 11 is 0. The number of hydrogen-bond donors (Lipinski definition) is 2. The van der Waals surface area contributed by atoms with Crippen molar-refractivity contribution in [1.29, 1.82) is 0 Å². The molecule has 0 spiro atoms. The minimum absolute atomic E-state index is 0.190. The Morgan fingerprint density at radius 2 is 1.61 bits per heavy atom. The van der Waals surface area contributed by atoms with E-state index < -0.39 is 0 Å². The predicted molar refractivity (Wildman–Crippen MR) is 80.0 cm³/mol. The molecule has 0 aromatic heterocycles. The van der Waals surface area contributed by atoms with E-state index in [9.17, 15) is 0 Å². The van der Waals surface area contributed by atoms with Crippen LogP contribution in [0, 0.1) is 13.8 Å². The van der Waals surface area contributed by atoms with Gasteiger partial charge in [0.15, 0.2) is 0 Å². The number of benzene rings is 1. The van der Waals surface area contributed by atoms with Gasteiger partial charge in [0.05, 0.1) is 0 Å². The fourth-order valence-corrected chi connectivity index (χ4v) is 1.99. The van der Waals surface area contributed by atoms with Gasteiger partial charge in [0.2, 0.25) is 0 Å². The molecule has 2 N–H and O–H groups in total. The maximum Gasteiger partial charge on any atom is 0.0208 e. The van der Waals surface area contributed by atoms with Gasteiger partial charge in [-0.1, -0.05) is 29.3 Å². The topological polar surface area (TPSA) is 24.1 Å². The van der Waals surface area contributed by atoms with Crippen LogP contribution >= 0.6 is 0 Å². The van der Waals surface area contributed by atoms with Crippen molar-refractivity contribution < 1.29 is 0 Å². The normalized spacial score (nSPS) is 13.7. The molecule has 0 aliphatic heterocycles. The third kappa shape index (κ3) is 6.18. The number of hydrogen-bond acceptors (Lipinski definition) is 2. The van der Waals surface area contributed by atoms with Gasteiger partial charge in [0.1, 0.15) is 0 Å². The second-order valence-corrected chi connectivity index (χ2v) is 6.41. The number of nitrogens with one attached hydrogen (secondary N) is 2. The highest BCUT2D eigenvalue weighted by molar-refractivity contribution is 5.28. The molecule has 0 saturated carbocycles. The zero-order chi connectivity index (χ0) is 13.8. The average Bonchev–Trinajstić information content (AvgIpc) is 2.21. The molecular formula is C16H28N2. The van der Waals surface area contributed by atoms with Crippen LogP contribution < -0.4 is 10.6 Å². The molecule has 1 unspecified atom stereocenters. The molecule has 0 aliphatic carbocycles. The molecule has 2 heteroatoms. The maximum atomic E-state index is 3.56. The summed E-state index contributed by atoms with van der Waals surface area (Å²) in [7, 11) is 0. The van der Waals surface area contributed by atoms with E-state index in [1.54, 1.807) is 0 Å². The predicted octanol–water partition coefficient (Wildman–Crippen LogP) is 3.17. The minimum atomic E-state index is 0.190. The SMILES string of the molecule is Cc1cc(C)cc(CNC(C)CNC(C)(C)C)c1. The lowest BCUT2D eigenvalue weighted by atomic mass is 10.1. The highest BCUT2D eigenvalue weighted by atomic mass is 15.0. The Bertz CT molecular complexity index is 357. The average molecular weight is 248 g/mol. The summed E-state index contributed by atoms with van der Waals surface area (Å²) in [5.41, 5.74) is 4.24. The van der Waals surface area contributed by atoms with Gasteiger partial charge in [-0.2, -0.15) is 0 Å². The van der Waals surface area contributed by atoms with Gasteiger partial charge in [0.25, 0.3) is 0 Å². The first kappa shape index (κ1) is 15.2. The van der Waals surface area contributed by atoms with Crippen LogP contribution in [0.2, 0.25) is 0 Å². The van der Waals surface area contributed by atoms with Crippen molar-refractivity contribution in [2.24, 2.45) is 0 Å². The Morgan fingerprint density at radius 3 is 2.11 bits per heavy atom. The summed E-state index contributed by atoms with van der Waals surface area (Å²) in [5, 5.41) is 7.08. The first-order chi connectivity index (χ1) is 8.26. The lowest BCUT2D eigenvalue weighted by molar-refractivity contribution is 0.387. The van der Waals surface area contributed by atoms with Crippen molar-refractivity contribution in [3.8, 4) is 0 Å². The van der Waals surface area contributed by atoms with Crippen molar-refractivity contribution in [3.05, 3.63) is 34.9 Å². The molecule has 2 nitrogen and oxygen atoms in total. The van der Waals surface area contributed by atoms with E-state index in [-0.39, 0.29) is 5.54 Å². The van der Waals surface area contributed by atoms with E-state index in [1.165, 1.54) is 16.7 Å². The zero-order valence-corrected chi connectivity index (χ0v) is 12.7. The zero-order valence-electron chi connectivity index (χ0n) is 12.7. The lowest BCUT2D eigenvalue weighted by Gasteiger charge is -2.24. The molecule has 0 radical (unpaired) electrons. The van der Waals surface area contributed by atoms with Crippen LogP contribution in [0.4, 0.5) is 0 Å². The summed E-state index contributed by atoms with van der Waals surface area (Å²) in [5.74, 6) is 0. The Labute approximate surface area is 112 Å². The quantitative estimate of drug-likeness (QED) is 0.836. The molecule has 0 heterocycles. The molecule has 0 amide bonds. The Hall–Kier alpha value is -0.860. The Balaban J connectivity index is 2.40. The summed E-state index contributed by atoms with van der Waals surface area (Å²) in [6.45, 7) is 15.1. The van der Waals surface area contributed by atoms with Gasteiger partial charge in [-0.25, -0.2) is 0 Å².